The Balaban J connectivity index is 2.05. The third-order valence-electron chi connectivity index (χ3n) is 1.58. The van der Waals surface area contributed by atoms with Crippen LogP contribution in [0.4, 0.5) is 5.13 Å². The van der Waals surface area contributed by atoms with Gasteiger partial charge in [-0.1, -0.05) is 0 Å². The van der Waals surface area contributed by atoms with Gasteiger partial charge in [-0.05, 0) is 12.2 Å². The summed E-state index contributed by atoms with van der Waals surface area (Å²) in [5.41, 5.74) is 6.58. The van der Waals surface area contributed by atoms with E-state index < -0.39 is 0 Å². The van der Waals surface area contributed by atoms with Crippen LogP contribution in [0.3, 0.4) is 0 Å². The zero-order valence-electron chi connectivity index (χ0n) is 8.45. The lowest BCUT2D eigenvalue weighted by Crippen LogP contribution is -2.33. The summed E-state index contributed by atoms with van der Waals surface area (Å²) in [6.07, 6.45) is 0. The molecule has 1 heterocycles. The number of hydrogen-bond acceptors (Lipinski definition) is 5. The Morgan fingerprint density at radius 1 is 1.73 bits per heavy atom. The molecule has 0 aliphatic carbocycles. The molecule has 0 atom stereocenters. The lowest BCUT2D eigenvalue weighted by atomic mass is 10.6. The molecule has 0 spiro atoms. The van der Waals surface area contributed by atoms with E-state index in [-0.39, 0.29) is 0 Å². The van der Waals surface area contributed by atoms with Gasteiger partial charge in [0.05, 0.1) is 5.69 Å². The maximum atomic E-state index is 5.53. The van der Waals surface area contributed by atoms with Crippen LogP contribution in [0, 0.1) is 0 Å². The van der Waals surface area contributed by atoms with E-state index in [0.29, 0.717) is 10.2 Å². The highest BCUT2D eigenvalue weighted by Crippen LogP contribution is 2.16. The number of rotatable bonds is 5. The molecule has 15 heavy (non-hydrogen) atoms. The predicted octanol–water partition coefficient (Wildman–Crippen LogP) is 1.05. The number of nitrogen functional groups attached to an aromatic ring is 1. The van der Waals surface area contributed by atoms with Crippen molar-refractivity contribution in [3.63, 3.8) is 0 Å². The zero-order valence-corrected chi connectivity index (χ0v) is 10.9. The number of nitrogens with one attached hydrogen (secondary N) is 2. The highest BCUT2D eigenvalue weighted by Gasteiger charge is 1.98. The van der Waals surface area contributed by atoms with Crippen LogP contribution in [-0.2, 0) is 5.75 Å². The number of thiazole rings is 1. The average molecular weight is 262 g/mol. The summed E-state index contributed by atoms with van der Waals surface area (Å²) in [6, 6.07) is 0. The second-order valence-corrected chi connectivity index (χ2v) is 5.14. The van der Waals surface area contributed by atoms with Crippen molar-refractivity contribution in [3.05, 3.63) is 11.1 Å². The van der Waals surface area contributed by atoms with E-state index in [4.69, 9.17) is 18.0 Å². The summed E-state index contributed by atoms with van der Waals surface area (Å²) in [5.74, 6) is 1.90. The van der Waals surface area contributed by atoms with Crippen LogP contribution < -0.4 is 16.4 Å². The molecule has 0 fully saturated rings. The van der Waals surface area contributed by atoms with E-state index in [1.165, 1.54) is 11.3 Å². The second kappa shape index (κ2) is 6.86. The maximum Gasteiger partial charge on any atom is 0.180 e. The predicted molar refractivity (Wildman–Crippen MR) is 72.3 cm³/mol. The van der Waals surface area contributed by atoms with E-state index in [9.17, 15) is 0 Å². The molecule has 7 heteroatoms. The van der Waals surface area contributed by atoms with E-state index in [0.717, 1.165) is 23.7 Å². The third kappa shape index (κ3) is 5.19. The molecule has 0 bridgehead atoms. The largest absolute Gasteiger partial charge is 0.375 e. The van der Waals surface area contributed by atoms with Crippen molar-refractivity contribution < 1.29 is 0 Å². The minimum absolute atomic E-state index is 0.639. The number of thiocarbonyl (C=S) groups is 1. The number of thioether (sulfide) groups is 1. The van der Waals surface area contributed by atoms with Gasteiger partial charge in [0.1, 0.15) is 0 Å². The van der Waals surface area contributed by atoms with Gasteiger partial charge in [-0.3, -0.25) is 0 Å². The number of nitrogens with two attached hydrogens (primary N) is 1. The van der Waals surface area contributed by atoms with Crippen LogP contribution >= 0.6 is 35.3 Å². The minimum Gasteiger partial charge on any atom is -0.375 e. The summed E-state index contributed by atoms with van der Waals surface area (Å²) < 4.78 is 0. The fourth-order valence-corrected chi connectivity index (χ4v) is 2.41. The fourth-order valence-electron chi connectivity index (χ4n) is 0.891. The van der Waals surface area contributed by atoms with Gasteiger partial charge < -0.3 is 16.4 Å². The van der Waals surface area contributed by atoms with Crippen LogP contribution in [0.2, 0.25) is 0 Å². The Labute approximate surface area is 103 Å². The van der Waals surface area contributed by atoms with Gasteiger partial charge in [-0.15, -0.1) is 11.3 Å². The molecule has 0 radical (unpaired) electrons. The molecule has 1 aromatic rings. The Bertz CT molecular complexity index is 313. The molecular formula is C8H14N4S3. The van der Waals surface area contributed by atoms with Crippen LogP contribution in [-0.4, -0.2) is 29.4 Å². The summed E-state index contributed by atoms with van der Waals surface area (Å²) in [5, 5.41) is 9.26. The zero-order chi connectivity index (χ0) is 11.1. The normalized spacial score (nSPS) is 9.93. The molecule has 0 aliphatic rings. The van der Waals surface area contributed by atoms with Gasteiger partial charge in [-0.2, -0.15) is 11.8 Å². The first kappa shape index (κ1) is 12.5. The van der Waals surface area contributed by atoms with E-state index in [2.05, 4.69) is 15.6 Å². The van der Waals surface area contributed by atoms with E-state index in [1.54, 1.807) is 7.05 Å². The first-order valence-electron chi connectivity index (χ1n) is 4.45. The number of nitrogens with zero attached hydrogens (tertiary/aromatic N) is 1. The highest BCUT2D eigenvalue weighted by atomic mass is 32.2. The third-order valence-corrected chi connectivity index (χ3v) is 3.64. The van der Waals surface area contributed by atoms with Crippen molar-refractivity contribution in [1.29, 1.82) is 0 Å². The maximum absolute atomic E-state index is 5.53. The first-order valence-corrected chi connectivity index (χ1v) is 6.90. The molecule has 0 amide bonds. The molecule has 0 saturated carbocycles. The van der Waals surface area contributed by atoms with Crippen LogP contribution in [0.15, 0.2) is 5.38 Å². The first-order chi connectivity index (χ1) is 7.22. The molecule has 1 rings (SSSR count). The Hall–Kier alpha value is -0.530. The molecule has 4 nitrogen and oxygen atoms in total. The van der Waals surface area contributed by atoms with Crippen molar-refractivity contribution in [2.24, 2.45) is 0 Å². The summed E-state index contributed by atoms with van der Waals surface area (Å²) in [6.45, 7) is 0.865. The van der Waals surface area contributed by atoms with Crippen molar-refractivity contribution in [3.8, 4) is 0 Å². The smallest absolute Gasteiger partial charge is 0.180 e. The van der Waals surface area contributed by atoms with Crippen LogP contribution in [0.1, 0.15) is 5.69 Å². The molecule has 0 saturated heterocycles. The van der Waals surface area contributed by atoms with Gasteiger partial charge >= 0.3 is 0 Å². The molecule has 1 aromatic heterocycles. The van der Waals surface area contributed by atoms with Crippen molar-refractivity contribution in [1.82, 2.24) is 15.6 Å². The Kier molecular flexibility index (Phi) is 5.74. The van der Waals surface area contributed by atoms with Crippen molar-refractivity contribution in [2.45, 2.75) is 5.75 Å². The monoisotopic (exact) mass is 262 g/mol. The quantitative estimate of drug-likeness (QED) is 0.545. The second-order valence-electron chi connectivity index (χ2n) is 2.74. The van der Waals surface area contributed by atoms with Crippen molar-refractivity contribution in [2.75, 3.05) is 25.1 Å². The van der Waals surface area contributed by atoms with Crippen molar-refractivity contribution >= 4 is 45.6 Å². The van der Waals surface area contributed by atoms with Gasteiger partial charge in [0, 0.05) is 30.5 Å². The summed E-state index contributed by atoms with van der Waals surface area (Å²) in [7, 11) is 1.81. The number of anilines is 1. The highest BCUT2D eigenvalue weighted by molar-refractivity contribution is 7.98. The summed E-state index contributed by atoms with van der Waals surface area (Å²) >= 11 is 8.24. The summed E-state index contributed by atoms with van der Waals surface area (Å²) in [4.78, 5) is 4.18. The lowest BCUT2D eigenvalue weighted by Gasteiger charge is -2.05. The molecule has 84 valence electrons. The number of hydrogen-bond donors (Lipinski definition) is 3. The molecule has 0 aromatic carbocycles. The lowest BCUT2D eigenvalue weighted by molar-refractivity contribution is 0.942. The van der Waals surface area contributed by atoms with Gasteiger partial charge in [0.25, 0.3) is 0 Å². The van der Waals surface area contributed by atoms with Crippen LogP contribution in [0.25, 0.3) is 0 Å². The number of aromatic nitrogens is 1. The average Bonchev–Trinajstić information content (AvgIpc) is 2.63. The molecular weight excluding hydrogens is 248 g/mol. The standard InChI is InChI=1S/C8H14N4S3/c1-10-8(13)11-2-3-14-4-6-5-15-7(9)12-6/h5H,2-4H2,1H3,(H2,9,12)(H2,10,11,13). The van der Waals surface area contributed by atoms with E-state index >= 15 is 0 Å². The molecule has 0 aliphatic heterocycles. The molecule has 4 N–H and O–H groups in total. The Morgan fingerprint density at radius 2 is 2.53 bits per heavy atom. The van der Waals surface area contributed by atoms with Gasteiger partial charge in [0.15, 0.2) is 10.2 Å². The van der Waals surface area contributed by atoms with E-state index in [1.807, 2.05) is 17.1 Å². The Morgan fingerprint density at radius 3 is 3.13 bits per heavy atom. The SMILES string of the molecule is CNC(=S)NCCSCc1csc(N)n1. The van der Waals surface area contributed by atoms with Gasteiger partial charge in [-0.25, -0.2) is 4.98 Å². The minimum atomic E-state index is 0.639. The topological polar surface area (TPSA) is 63.0 Å². The fraction of sp³-hybridized carbons (Fsp3) is 0.500. The molecule has 0 unspecified atom stereocenters. The van der Waals surface area contributed by atoms with Crippen LogP contribution in [0.5, 0.6) is 0 Å². The van der Waals surface area contributed by atoms with Gasteiger partial charge in [0.2, 0.25) is 0 Å².